The Morgan fingerprint density at radius 1 is 1.00 bits per heavy atom. The highest BCUT2D eigenvalue weighted by atomic mass is 19.4. The summed E-state index contributed by atoms with van der Waals surface area (Å²) in [5.74, 6) is 1.74. The maximum absolute atomic E-state index is 14.3. The average Bonchev–Trinajstić information content (AvgIpc) is 3.51. The number of aliphatic hydroxyl groups is 1. The van der Waals surface area contributed by atoms with Crippen molar-refractivity contribution in [3.8, 4) is 0 Å². The van der Waals surface area contributed by atoms with Crippen LogP contribution < -0.4 is 0 Å². The number of halogens is 3. The van der Waals surface area contributed by atoms with Crippen LogP contribution in [0.2, 0.25) is 0 Å². The van der Waals surface area contributed by atoms with Crippen LogP contribution in [0.25, 0.3) is 0 Å². The molecule has 0 radical (unpaired) electrons. The smallest absolute Gasteiger partial charge is 0.416 e. The van der Waals surface area contributed by atoms with Crippen molar-refractivity contribution in [1.82, 2.24) is 4.90 Å². The van der Waals surface area contributed by atoms with Crippen LogP contribution in [0.4, 0.5) is 18.0 Å². The number of hydrogen-bond acceptors (Lipinski definition) is 4. The van der Waals surface area contributed by atoms with E-state index in [0.717, 1.165) is 66.8 Å². The van der Waals surface area contributed by atoms with Crippen LogP contribution in [0, 0.1) is 28.6 Å². The molecule has 5 nitrogen and oxygen atoms in total. The maximum atomic E-state index is 14.3. The number of rotatable bonds is 4. The van der Waals surface area contributed by atoms with Crippen molar-refractivity contribution in [2.24, 2.45) is 28.6 Å². The number of hydrogen-bond donors (Lipinski definition) is 1. The minimum Gasteiger partial charge on any atom is -0.440 e. The molecule has 50 heavy (non-hydrogen) atoms. The van der Waals surface area contributed by atoms with Gasteiger partial charge in [0.25, 0.3) is 0 Å². The minimum atomic E-state index is -4.57. The predicted molar refractivity (Wildman–Crippen MR) is 185 cm³/mol. The van der Waals surface area contributed by atoms with E-state index in [1.54, 1.807) is 6.07 Å². The fraction of sp³-hybridized carbons (Fsp3) is 0.619. The van der Waals surface area contributed by atoms with E-state index in [4.69, 9.17) is 4.74 Å². The molecule has 1 amide bonds. The van der Waals surface area contributed by atoms with Crippen molar-refractivity contribution < 1.29 is 32.6 Å². The monoisotopic (exact) mass is 689 g/mol. The summed E-state index contributed by atoms with van der Waals surface area (Å²) >= 11 is 0. The maximum Gasteiger partial charge on any atom is 0.416 e. The van der Waals surface area contributed by atoms with Gasteiger partial charge >= 0.3 is 12.3 Å². The number of carbonyl (C=O) groups excluding carboxylic acids is 2. The van der Waals surface area contributed by atoms with Crippen molar-refractivity contribution in [3.05, 3.63) is 81.9 Å². The third-order valence-electron chi connectivity index (χ3n) is 14.0. The molecular formula is C42H50F3NO4. The zero-order chi connectivity index (χ0) is 35.1. The van der Waals surface area contributed by atoms with Gasteiger partial charge in [0.15, 0.2) is 5.78 Å². The molecule has 5 saturated carbocycles. The summed E-state index contributed by atoms with van der Waals surface area (Å²) in [7, 11) is 0. The first-order valence-corrected chi connectivity index (χ1v) is 18.9. The van der Waals surface area contributed by atoms with Gasteiger partial charge in [0.2, 0.25) is 0 Å². The highest BCUT2D eigenvalue weighted by Crippen LogP contribution is 2.64. The lowest BCUT2D eigenvalue weighted by molar-refractivity contribution is -0.137. The van der Waals surface area contributed by atoms with E-state index in [9.17, 15) is 27.9 Å². The highest BCUT2D eigenvalue weighted by molar-refractivity contribution is 6.10. The molecule has 1 saturated heterocycles. The van der Waals surface area contributed by atoms with Gasteiger partial charge in [-0.25, -0.2) is 4.79 Å². The van der Waals surface area contributed by atoms with Crippen LogP contribution in [0.5, 0.6) is 0 Å². The summed E-state index contributed by atoms with van der Waals surface area (Å²) in [6.07, 6.45) is 9.02. The molecule has 4 atom stereocenters. The van der Waals surface area contributed by atoms with E-state index in [2.05, 4.69) is 19.9 Å². The van der Waals surface area contributed by atoms with Crippen molar-refractivity contribution in [1.29, 1.82) is 0 Å². The second kappa shape index (κ2) is 12.2. The molecule has 2 aromatic rings. The first-order valence-electron chi connectivity index (χ1n) is 18.9. The van der Waals surface area contributed by atoms with Gasteiger partial charge in [0.1, 0.15) is 5.60 Å². The Kier molecular flexibility index (Phi) is 8.32. The molecule has 1 aliphatic heterocycles. The van der Waals surface area contributed by atoms with Crippen LogP contribution >= 0.6 is 0 Å². The van der Waals surface area contributed by atoms with Crippen LogP contribution in [-0.2, 0) is 17.3 Å². The zero-order valence-corrected chi connectivity index (χ0v) is 29.4. The normalized spacial score (nSPS) is 36.8. The number of carbonyl (C=O) groups is 2. The minimum absolute atomic E-state index is 0.0121. The molecule has 2 aromatic carbocycles. The standard InChI is InChI=1S/C42H50F3NO4/c1-26-5-4-13-39(2)36(12-14-41(39)25-46(38(49)50-41)24-40-21-28-15-29(22-40)17-30(16-28)23-40)34-11-9-27(18-33(47)10-8-26)19-35(34)37(48)31-6-3-7-32(20-31)42(43,44)45/h3,5-7,9,11,19-20,28-30,33,36,47H,4,8,10,12-18,21-25H2,1-2H3/t28?,29?,30?,33-,36-,39-,40?,41+/m0/s1. The largest absolute Gasteiger partial charge is 0.440 e. The number of fused-ring (bicyclic) bond motifs is 8. The van der Waals surface area contributed by atoms with Gasteiger partial charge in [-0.1, -0.05) is 42.8 Å². The van der Waals surface area contributed by atoms with Gasteiger partial charge in [-0.2, -0.15) is 13.2 Å². The SMILES string of the molecule is CC1=CCC[C@@]2(C)[C@@H](CC[C@@]23CN(CC24CC5CC(CC(C5)C2)C4)C(=O)O3)c2ccc(cc2C(=O)c2cccc(C(F)(F)F)c2)C[C@@H](O)CC1. The first-order chi connectivity index (χ1) is 23.7. The van der Waals surface area contributed by atoms with Gasteiger partial charge in [-0.15, -0.1) is 0 Å². The zero-order valence-electron chi connectivity index (χ0n) is 29.4. The van der Waals surface area contributed by atoms with Gasteiger partial charge in [0.05, 0.1) is 18.2 Å². The van der Waals surface area contributed by atoms with Crippen molar-refractivity contribution in [2.45, 2.75) is 121 Å². The summed E-state index contributed by atoms with van der Waals surface area (Å²) in [5, 5.41) is 10.9. The van der Waals surface area contributed by atoms with Gasteiger partial charge in [0, 0.05) is 23.1 Å². The molecular weight excluding hydrogens is 639 g/mol. The molecule has 1 N–H and O–H groups in total. The summed E-state index contributed by atoms with van der Waals surface area (Å²) < 4.78 is 47.8. The van der Waals surface area contributed by atoms with E-state index in [1.807, 2.05) is 17.0 Å². The molecule has 0 unspecified atom stereocenters. The fourth-order valence-electron chi connectivity index (χ4n) is 12.0. The number of allylic oxidation sites excluding steroid dienone is 2. The Morgan fingerprint density at radius 2 is 1.72 bits per heavy atom. The quantitative estimate of drug-likeness (QED) is 0.257. The van der Waals surface area contributed by atoms with E-state index < -0.39 is 34.6 Å². The molecule has 8 aliphatic rings. The van der Waals surface area contributed by atoms with E-state index >= 15 is 0 Å². The lowest BCUT2D eigenvalue weighted by Crippen LogP contribution is -2.52. The molecule has 0 aromatic heterocycles. The van der Waals surface area contributed by atoms with Crippen molar-refractivity contribution in [2.75, 3.05) is 13.1 Å². The molecule has 268 valence electrons. The third kappa shape index (κ3) is 5.91. The van der Waals surface area contributed by atoms with E-state index in [1.165, 1.54) is 56.2 Å². The Balaban J connectivity index is 1.17. The number of aliphatic hydroxyl groups excluding tert-OH is 1. The number of alkyl halides is 3. The van der Waals surface area contributed by atoms with Crippen LogP contribution in [-0.4, -0.2) is 46.7 Å². The van der Waals surface area contributed by atoms with Gasteiger partial charge < -0.3 is 14.7 Å². The summed E-state index contributed by atoms with van der Waals surface area (Å²) in [6.45, 7) is 5.61. The molecule has 8 heteroatoms. The second-order valence-corrected chi connectivity index (χ2v) is 17.5. The third-order valence-corrected chi connectivity index (χ3v) is 14.0. The molecule has 6 bridgehead atoms. The lowest BCUT2D eigenvalue weighted by atomic mass is 9.49. The van der Waals surface area contributed by atoms with Crippen molar-refractivity contribution in [3.63, 3.8) is 0 Å². The van der Waals surface area contributed by atoms with Gasteiger partial charge in [-0.05, 0) is 149 Å². The first kappa shape index (κ1) is 34.0. The molecule has 1 heterocycles. The Hall–Kier alpha value is -3.13. The highest BCUT2D eigenvalue weighted by Gasteiger charge is 2.65. The fourth-order valence-corrected chi connectivity index (χ4v) is 12.0. The van der Waals surface area contributed by atoms with E-state index in [0.29, 0.717) is 37.8 Å². The predicted octanol–water partition coefficient (Wildman–Crippen LogP) is 9.65. The topological polar surface area (TPSA) is 66.8 Å². The van der Waals surface area contributed by atoms with E-state index in [-0.39, 0.29) is 23.0 Å². The summed E-state index contributed by atoms with van der Waals surface area (Å²) in [5.41, 5.74) is 1.22. The molecule has 1 spiro atoms. The van der Waals surface area contributed by atoms with Crippen LogP contribution in [0.15, 0.2) is 54.1 Å². The number of amides is 1. The number of nitrogens with zero attached hydrogens (tertiary/aromatic N) is 1. The van der Waals surface area contributed by atoms with Crippen LogP contribution in [0.3, 0.4) is 0 Å². The Morgan fingerprint density at radius 3 is 2.42 bits per heavy atom. The average molecular weight is 690 g/mol. The Labute approximate surface area is 293 Å². The van der Waals surface area contributed by atoms with Crippen LogP contribution in [0.1, 0.15) is 129 Å². The molecule has 7 aliphatic carbocycles. The Bertz CT molecular complexity index is 1680. The number of benzene rings is 2. The summed E-state index contributed by atoms with van der Waals surface area (Å²) in [4.78, 5) is 30.3. The van der Waals surface area contributed by atoms with Crippen molar-refractivity contribution >= 4 is 11.9 Å². The van der Waals surface area contributed by atoms with Gasteiger partial charge in [-0.3, -0.25) is 4.79 Å². The lowest BCUT2D eigenvalue weighted by Gasteiger charge is -2.57. The number of ether oxygens (including phenoxy) is 1. The molecule has 6 fully saturated rings. The molecule has 10 rings (SSSR count). The summed E-state index contributed by atoms with van der Waals surface area (Å²) in [6, 6.07) is 10.4. The second-order valence-electron chi connectivity index (χ2n) is 17.5. The number of ketones is 1.